The van der Waals surface area contributed by atoms with Gasteiger partial charge in [0, 0.05) is 12.3 Å². The Morgan fingerprint density at radius 3 is 2.85 bits per heavy atom. The second-order valence-corrected chi connectivity index (χ2v) is 8.35. The van der Waals surface area contributed by atoms with E-state index in [0.29, 0.717) is 17.1 Å². The van der Waals surface area contributed by atoms with Gasteiger partial charge in [-0.2, -0.15) is 0 Å². The summed E-state index contributed by atoms with van der Waals surface area (Å²) in [7, 11) is 0. The van der Waals surface area contributed by atoms with Gasteiger partial charge in [0.1, 0.15) is 5.78 Å². The zero-order valence-corrected chi connectivity index (χ0v) is 13.0. The van der Waals surface area contributed by atoms with Crippen molar-refractivity contribution in [3.63, 3.8) is 0 Å². The van der Waals surface area contributed by atoms with E-state index in [0.717, 1.165) is 30.1 Å². The molecule has 3 fully saturated rings. The number of rotatable bonds is 0. The molecular formula is C19H28O. The summed E-state index contributed by atoms with van der Waals surface area (Å²) in [6.07, 6.45) is 12.6. The Bertz CT molecular complexity index is 462. The van der Waals surface area contributed by atoms with Crippen molar-refractivity contribution in [3.05, 3.63) is 11.6 Å². The summed E-state index contributed by atoms with van der Waals surface area (Å²) < 4.78 is 0. The number of hydrogen-bond donors (Lipinski definition) is 0. The van der Waals surface area contributed by atoms with Crippen LogP contribution in [0.4, 0.5) is 0 Å². The average Bonchev–Trinajstić information content (AvgIpc) is 2.82. The smallest absolute Gasteiger partial charge is 0.136 e. The molecule has 0 radical (unpaired) electrons. The minimum absolute atomic E-state index is 0.442. The zero-order chi connectivity index (χ0) is 13.9. The maximum Gasteiger partial charge on any atom is 0.136 e. The molecule has 20 heavy (non-hydrogen) atoms. The van der Waals surface area contributed by atoms with Crippen molar-refractivity contribution in [1.29, 1.82) is 0 Å². The first-order valence-corrected chi connectivity index (χ1v) is 8.82. The van der Waals surface area contributed by atoms with Gasteiger partial charge < -0.3 is 0 Å². The molecule has 1 nitrogen and oxygen atoms in total. The van der Waals surface area contributed by atoms with E-state index in [1.54, 1.807) is 5.57 Å². The first-order chi connectivity index (χ1) is 9.59. The second-order valence-electron chi connectivity index (χ2n) is 8.35. The molecule has 110 valence electrons. The molecule has 4 aliphatic rings. The third kappa shape index (κ3) is 1.71. The van der Waals surface area contributed by atoms with Crippen molar-refractivity contribution < 1.29 is 4.79 Å². The van der Waals surface area contributed by atoms with Crippen molar-refractivity contribution in [2.75, 3.05) is 0 Å². The normalized spacial score (nSPS) is 51.0. The molecule has 0 aromatic heterocycles. The van der Waals surface area contributed by atoms with E-state index in [4.69, 9.17) is 0 Å². The molecule has 4 rings (SSSR count). The molecular weight excluding hydrogens is 244 g/mol. The first-order valence-electron chi connectivity index (χ1n) is 8.82. The highest BCUT2D eigenvalue weighted by atomic mass is 16.1. The quantitative estimate of drug-likeness (QED) is 0.581. The Hall–Kier alpha value is -0.590. The lowest BCUT2D eigenvalue weighted by Crippen LogP contribution is -2.46. The minimum atomic E-state index is 0.442. The van der Waals surface area contributed by atoms with Gasteiger partial charge in [-0.3, -0.25) is 4.79 Å². The van der Waals surface area contributed by atoms with Gasteiger partial charge in [-0.1, -0.05) is 25.5 Å². The molecule has 0 saturated heterocycles. The molecule has 6 atom stereocenters. The summed E-state index contributed by atoms with van der Waals surface area (Å²) in [5.41, 5.74) is 2.26. The van der Waals surface area contributed by atoms with Gasteiger partial charge in [0.25, 0.3) is 0 Å². The lowest BCUT2D eigenvalue weighted by atomic mass is 9.50. The fraction of sp³-hybridized carbons (Fsp3) is 0.842. The Labute approximate surface area is 123 Å². The Morgan fingerprint density at radius 1 is 1.15 bits per heavy atom. The van der Waals surface area contributed by atoms with Crippen molar-refractivity contribution >= 4 is 5.78 Å². The topological polar surface area (TPSA) is 17.1 Å². The number of Topliss-reactive ketones (excluding diaryl/α,β-unsaturated/α-hetero) is 1. The van der Waals surface area contributed by atoms with E-state index in [1.807, 2.05) is 0 Å². The number of allylic oxidation sites excluding steroid dienone is 2. The Balaban J connectivity index is 1.66. The van der Waals surface area contributed by atoms with Crippen LogP contribution in [0.15, 0.2) is 11.6 Å². The van der Waals surface area contributed by atoms with E-state index >= 15 is 0 Å². The van der Waals surface area contributed by atoms with Crippen molar-refractivity contribution in [1.82, 2.24) is 0 Å². The van der Waals surface area contributed by atoms with Crippen LogP contribution in [0.3, 0.4) is 0 Å². The number of fused-ring (bicyclic) bond motifs is 5. The number of ketones is 1. The summed E-state index contributed by atoms with van der Waals surface area (Å²) in [6.45, 7) is 4.97. The number of carbonyl (C=O) groups excluding carboxylic acids is 1. The second kappa shape index (κ2) is 4.45. The summed E-state index contributed by atoms with van der Waals surface area (Å²) >= 11 is 0. The van der Waals surface area contributed by atoms with Gasteiger partial charge in [0.05, 0.1) is 0 Å². The van der Waals surface area contributed by atoms with Crippen molar-refractivity contribution in [2.24, 2.45) is 35.0 Å². The fourth-order valence-electron chi connectivity index (χ4n) is 6.26. The molecule has 0 aromatic carbocycles. The van der Waals surface area contributed by atoms with E-state index < -0.39 is 0 Å². The predicted molar refractivity (Wildman–Crippen MR) is 81.3 cm³/mol. The lowest BCUT2D eigenvalue weighted by molar-refractivity contribution is -0.123. The summed E-state index contributed by atoms with van der Waals surface area (Å²) in [5.74, 6) is 4.35. The van der Waals surface area contributed by atoms with Crippen molar-refractivity contribution in [3.8, 4) is 0 Å². The molecule has 3 saturated carbocycles. The maximum atomic E-state index is 12.1. The van der Waals surface area contributed by atoms with Crippen molar-refractivity contribution in [2.45, 2.75) is 65.2 Å². The van der Waals surface area contributed by atoms with Crippen LogP contribution in [-0.2, 0) is 4.79 Å². The molecule has 0 amide bonds. The molecule has 0 heterocycles. The highest BCUT2D eigenvalue weighted by molar-refractivity contribution is 5.83. The van der Waals surface area contributed by atoms with Crippen LogP contribution in [0.5, 0.6) is 0 Å². The fourth-order valence-corrected chi connectivity index (χ4v) is 6.26. The van der Waals surface area contributed by atoms with Gasteiger partial charge in [-0.25, -0.2) is 0 Å². The third-order valence-corrected chi connectivity index (χ3v) is 7.42. The standard InChI is InChI=1S/C19H28O/c1-12-9-10-19(2)13(11-12)3-4-15-14-6-8-18(20)16(14)5-7-17(15)19/h3,12,14-17H,4-11H2,1-2H3. The van der Waals surface area contributed by atoms with E-state index in [9.17, 15) is 4.79 Å². The first kappa shape index (κ1) is 13.1. The van der Waals surface area contributed by atoms with Gasteiger partial charge in [0.15, 0.2) is 0 Å². The molecule has 4 aliphatic carbocycles. The highest BCUT2D eigenvalue weighted by Gasteiger charge is 2.53. The third-order valence-electron chi connectivity index (χ3n) is 7.42. The van der Waals surface area contributed by atoms with Crippen LogP contribution in [0.25, 0.3) is 0 Å². The largest absolute Gasteiger partial charge is 0.299 e. The zero-order valence-electron chi connectivity index (χ0n) is 13.0. The molecule has 0 aromatic rings. The molecule has 6 unspecified atom stereocenters. The van der Waals surface area contributed by atoms with Gasteiger partial charge in [-0.15, -0.1) is 0 Å². The van der Waals surface area contributed by atoms with Crippen LogP contribution in [0, 0.1) is 35.0 Å². The Kier molecular flexibility index (Phi) is 2.91. The van der Waals surface area contributed by atoms with Crippen LogP contribution in [-0.4, -0.2) is 5.78 Å². The highest BCUT2D eigenvalue weighted by Crippen LogP contribution is 2.61. The van der Waals surface area contributed by atoms with E-state index in [-0.39, 0.29) is 0 Å². The average molecular weight is 272 g/mol. The predicted octanol–water partition coefficient (Wildman–Crippen LogP) is 4.76. The maximum absolute atomic E-state index is 12.1. The Morgan fingerprint density at radius 2 is 2.00 bits per heavy atom. The van der Waals surface area contributed by atoms with E-state index in [1.165, 1.54) is 44.9 Å². The molecule has 0 N–H and O–H groups in total. The summed E-state index contributed by atoms with van der Waals surface area (Å²) in [4.78, 5) is 12.1. The van der Waals surface area contributed by atoms with Crippen LogP contribution in [0.2, 0.25) is 0 Å². The van der Waals surface area contributed by atoms with Crippen LogP contribution >= 0.6 is 0 Å². The van der Waals surface area contributed by atoms with Gasteiger partial charge >= 0.3 is 0 Å². The summed E-state index contributed by atoms with van der Waals surface area (Å²) in [6, 6.07) is 0. The molecule has 0 spiro atoms. The monoisotopic (exact) mass is 272 g/mol. The number of hydrogen-bond acceptors (Lipinski definition) is 1. The molecule has 0 bridgehead atoms. The molecule has 0 aliphatic heterocycles. The number of carbonyl (C=O) groups is 1. The van der Waals surface area contributed by atoms with Gasteiger partial charge in [-0.05, 0) is 74.0 Å². The molecule has 1 heteroatoms. The van der Waals surface area contributed by atoms with Gasteiger partial charge in [0.2, 0.25) is 0 Å². The van der Waals surface area contributed by atoms with Crippen LogP contribution in [0.1, 0.15) is 65.2 Å². The summed E-state index contributed by atoms with van der Waals surface area (Å²) in [5, 5.41) is 0. The van der Waals surface area contributed by atoms with E-state index in [2.05, 4.69) is 19.9 Å². The lowest BCUT2D eigenvalue weighted by Gasteiger charge is -2.55. The minimum Gasteiger partial charge on any atom is -0.299 e. The SMILES string of the molecule is CC1CCC2(C)C(=CCC3C4CCC(=O)C4CCC32)C1. The van der Waals surface area contributed by atoms with Crippen LogP contribution < -0.4 is 0 Å².